The molecule has 144 valence electrons. The van der Waals surface area contributed by atoms with Crippen LogP contribution in [-0.4, -0.2) is 42.9 Å². The molecule has 26 heavy (non-hydrogen) atoms. The zero-order valence-electron chi connectivity index (χ0n) is 15.7. The first-order valence-corrected chi connectivity index (χ1v) is 9.49. The van der Waals surface area contributed by atoms with Crippen LogP contribution in [-0.2, 0) is 4.79 Å². The van der Waals surface area contributed by atoms with Crippen molar-refractivity contribution in [2.24, 2.45) is 17.8 Å². The highest BCUT2D eigenvalue weighted by Crippen LogP contribution is 2.38. The van der Waals surface area contributed by atoms with E-state index in [1.54, 1.807) is 6.07 Å². The number of anilines is 1. The molecule has 2 aliphatic rings. The molecule has 0 aromatic heterocycles. The van der Waals surface area contributed by atoms with Gasteiger partial charge >= 0.3 is 0 Å². The van der Waals surface area contributed by atoms with Crippen LogP contribution >= 0.6 is 12.4 Å². The summed E-state index contributed by atoms with van der Waals surface area (Å²) in [6.07, 6.45) is 3.07. The van der Waals surface area contributed by atoms with E-state index in [4.69, 9.17) is 0 Å². The molecule has 1 aromatic carbocycles. The summed E-state index contributed by atoms with van der Waals surface area (Å²) >= 11 is 0. The molecule has 2 unspecified atom stereocenters. The first-order valence-electron chi connectivity index (χ1n) is 9.49. The Bertz CT molecular complexity index is 629. The van der Waals surface area contributed by atoms with Gasteiger partial charge < -0.3 is 15.5 Å². The van der Waals surface area contributed by atoms with Crippen LogP contribution in [0.2, 0.25) is 0 Å². The molecule has 2 fully saturated rings. The van der Waals surface area contributed by atoms with Gasteiger partial charge in [-0.3, -0.25) is 9.59 Å². The first kappa shape index (κ1) is 20.7. The lowest BCUT2D eigenvalue weighted by Crippen LogP contribution is -2.40. The van der Waals surface area contributed by atoms with Gasteiger partial charge in [-0.1, -0.05) is 19.9 Å². The maximum Gasteiger partial charge on any atom is 0.253 e. The van der Waals surface area contributed by atoms with Crippen molar-refractivity contribution in [1.82, 2.24) is 10.2 Å². The number of halogens is 1. The highest BCUT2D eigenvalue weighted by molar-refractivity contribution is 5.98. The van der Waals surface area contributed by atoms with Crippen LogP contribution in [0.4, 0.5) is 5.69 Å². The molecule has 1 heterocycles. The molecule has 1 saturated heterocycles. The van der Waals surface area contributed by atoms with E-state index in [-0.39, 0.29) is 30.1 Å². The summed E-state index contributed by atoms with van der Waals surface area (Å²) in [5.74, 6) is 1.41. The molecule has 5 nitrogen and oxygen atoms in total. The number of carbonyl (C=O) groups excluding carboxylic acids is 2. The Morgan fingerprint density at radius 3 is 2.54 bits per heavy atom. The largest absolute Gasteiger partial charge is 0.339 e. The van der Waals surface area contributed by atoms with Crippen molar-refractivity contribution in [3.63, 3.8) is 0 Å². The Kier molecular flexibility index (Phi) is 7.47. The SMILES string of the molecule is CCNCC1CCN(C(=O)c2cccc(NC(=O)C3CC3C)c2)CC1.Cl. The van der Waals surface area contributed by atoms with Crippen molar-refractivity contribution in [3.05, 3.63) is 29.8 Å². The first-order chi connectivity index (χ1) is 12.1. The number of hydrogen-bond donors (Lipinski definition) is 2. The van der Waals surface area contributed by atoms with Gasteiger partial charge in [0, 0.05) is 30.3 Å². The number of nitrogens with one attached hydrogen (secondary N) is 2. The predicted octanol–water partition coefficient (Wildman–Crippen LogP) is 3.16. The summed E-state index contributed by atoms with van der Waals surface area (Å²) < 4.78 is 0. The summed E-state index contributed by atoms with van der Waals surface area (Å²) in [7, 11) is 0. The van der Waals surface area contributed by atoms with Gasteiger partial charge in [-0.05, 0) is 62.4 Å². The van der Waals surface area contributed by atoms with Crippen LogP contribution in [0.15, 0.2) is 24.3 Å². The summed E-state index contributed by atoms with van der Waals surface area (Å²) in [5, 5.41) is 6.34. The van der Waals surface area contributed by atoms with E-state index in [1.165, 1.54) is 0 Å². The Labute approximate surface area is 162 Å². The quantitative estimate of drug-likeness (QED) is 0.798. The zero-order chi connectivity index (χ0) is 17.8. The molecule has 6 heteroatoms. The van der Waals surface area contributed by atoms with Crippen LogP contribution in [0.25, 0.3) is 0 Å². The van der Waals surface area contributed by atoms with E-state index in [1.807, 2.05) is 23.1 Å². The van der Waals surface area contributed by atoms with Crippen molar-refractivity contribution >= 4 is 29.9 Å². The molecule has 3 rings (SSSR count). The number of benzene rings is 1. The van der Waals surface area contributed by atoms with E-state index in [0.29, 0.717) is 17.4 Å². The maximum atomic E-state index is 12.8. The van der Waals surface area contributed by atoms with E-state index in [9.17, 15) is 9.59 Å². The molecule has 2 atom stereocenters. The van der Waals surface area contributed by atoms with E-state index >= 15 is 0 Å². The van der Waals surface area contributed by atoms with Gasteiger partial charge in [0.2, 0.25) is 5.91 Å². The molecule has 1 aliphatic carbocycles. The number of amides is 2. The van der Waals surface area contributed by atoms with Crippen molar-refractivity contribution in [1.29, 1.82) is 0 Å². The number of piperidine rings is 1. The standard InChI is InChI=1S/C20H29N3O2.ClH/c1-3-21-13-15-7-9-23(10-8-15)20(25)16-5-4-6-17(12-16)22-19(24)18-11-14(18)2;/h4-6,12,14-15,18,21H,3,7-11,13H2,1-2H3,(H,22,24);1H. The van der Waals surface area contributed by atoms with Gasteiger partial charge in [0.1, 0.15) is 0 Å². The van der Waals surface area contributed by atoms with Gasteiger partial charge in [-0.2, -0.15) is 0 Å². The second-order valence-corrected chi connectivity index (χ2v) is 7.43. The van der Waals surface area contributed by atoms with Crippen LogP contribution < -0.4 is 10.6 Å². The summed E-state index contributed by atoms with van der Waals surface area (Å²) in [4.78, 5) is 26.8. The lowest BCUT2D eigenvalue weighted by molar-refractivity contribution is -0.117. The summed E-state index contributed by atoms with van der Waals surface area (Å²) in [6.45, 7) is 7.87. The number of likely N-dealkylation sites (tertiary alicyclic amines) is 1. The van der Waals surface area contributed by atoms with Gasteiger partial charge in [0.15, 0.2) is 0 Å². The normalized spacial score (nSPS) is 22.5. The molecule has 1 aromatic rings. The van der Waals surface area contributed by atoms with Gasteiger partial charge in [0.25, 0.3) is 5.91 Å². The van der Waals surface area contributed by atoms with Crippen molar-refractivity contribution < 1.29 is 9.59 Å². The fourth-order valence-corrected chi connectivity index (χ4v) is 3.52. The van der Waals surface area contributed by atoms with Crippen LogP contribution in [0.5, 0.6) is 0 Å². The van der Waals surface area contributed by atoms with Crippen LogP contribution in [0.3, 0.4) is 0 Å². The Balaban J connectivity index is 0.00000243. The fourth-order valence-electron chi connectivity index (χ4n) is 3.52. The van der Waals surface area contributed by atoms with E-state index < -0.39 is 0 Å². The second-order valence-electron chi connectivity index (χ2n) is 7.43. The number of carbonyl (C=O) groups is 2. The number of nitrogens with zero attached hydrogens (tertiary/aromatic N) is 1. The third-order valence-corrected chi connectivity index (χ3v) is 5.41. The van der Waals surface area contributed by atoms with E-state index in [2.05, 4.69) is 24.5 Å². The highest BCUT2D eigenvalue weighted by atomic mass is 35.5. The van der Waals surface area contributed by atoms with Crippen molar-refractivity contribution in [2.75, 3.05) is 31.5 Å². The molecule has 2 amide bonds. The molecular weight excluding hydrogens is 350 g/mol. The maximum absolute atomic E-state index is 12.8. The second kappa shape index (κ2) is 9.38. The number of hydrogen-bond acceptors (Lipinski definition) is 3. The molecule has 0 bridgehead atoms. The Morgan fingerprint density at radius 1 is 1.23 bits per heavy atom. The lowest BCUT2D eigenvalue weighted by atomic mass is 9.96. The molecule has 1 aliphatic heterocycles. The van der Waals surface area contributed by atoms with Crippen molar-refractivity contribution in [3.8, 4) is 0 Å². The fraction of sp³-hybridized carbons (Fsp3) is 0.600. The van der Waals surface area contributed by atoms with Gasteiger partial charge in [0.05, 0.1) is 0 Å². The van der Waals surface area contributed by atoms with Crippen molar-refractivity contribution in [2.45, 2.75) is 33.1 Å². The molecule has 2 N–H and O–H groups in total. The zero-order valence-corrected chi connectivity index (χ0v) is 16.5. The summed E-state index contributed by atoms with van der Waals surface area (Å²) in [5.41, 5.74) is 1.38. The Hall–Kier alpha value is -1.59. The third kappa shape index (κ3) is 5.21. The Morgan fingerprint density at radius 2 is 1.92 bits per heavy atom. The average molecular weight is 380 g/mol. The minimum atomic E-state index is 0. The summed E-state index contributed by atoms with van der Waals surface area (Å²) in [6, 6.07) is 7.34. The average Bonchev–Trinajstić information content (AvgIpc) is 3.37. The van der Waals surface area contributed by atoms with Crippen LogP contribution in [0.1, 0.15) is 43.5 Å². The minimum absolute atomic E-state index is 0. The minimum Gasteiger partial charge on any atom is -0.339 e. The lowest BCUT2D eigenvalue weighted by Gasteiger charge is -2.32. The number of rotatable bonds is 6. The van der Waals surface area contributed by atoms with Gasteiger partial charge in [-0.25, -0.2) is 0 Å². The monoisotopic (exact) mass is 379 g/mol. The molecular formula is C20H30ClN3O2. The molecule has 1 saturated carbocycles. The third-order valence-electron chi connectivity index (χ3n) is 5.41. The smallest absolute Gasteiger partial charge is 0.253 e. The molecule has 0 spiro atoms. The topological polar surface area (TPSA) is 61.4 Å². The predicted molar refractivity (Wildman–Crippen MR) is 107 cm³/mol. The van der Waals surface area contributed by atoms with E-state index in [0.717, 1.165) is 51.1 Å². The van der Waals surface area contributed by atoms with Crippen LogP contribution in [0, 0.1) is 17.8 Å². The molecule has 0 radical (unpaired) electrons. The highest BCUT2D eigenvalue weighted by Gasteiger charge is 2.39. The van der Waals surface area contributed by atoms with Gasteiger partial charge in [-0.15, -0.1) is 12.4 Å².